The standard InChI is InChI=1S/C7H13FN/c1-2-4-9-5-3-7(8)6-9/h7H,1-6H2/t7-/m0/s1. The molecule has 0 N–H and O–H groups in total. The zero-order chi connectivity index (χ0) is 6.69. The van der Waals surface area contributed by atoms with Crippen LogP contribution >= 0.6 is 0 Å². The van der Waals surface area contributed by atoms with Crippen LogP contribution in [0.2, 0.25) is 0 Å². The second-order valence-electron chi connectivity index (χ2n) is 2.54. The number of hydrogen-bond donors (Lipinski definition) is 0. The summed E-state index contributed by atoms with van der Waals surface area (Å²) in [5.41, 5.74) is 0. The molecule has 9 heavy (non-hydrogen) atoms. The van der Waals surface area contributed by atoms with E-state index in [-0.39, 0.29) is 0 Å². The Morgan fingerprint density at radius 2 is 2.44 bits per heavy atom. The highest BCUT2D eigenvalue weighted by Crippen LogP contribution is 2.11. The number of alkyl halides is 1. The molecule has 1 rings (SSSR count). The molecule has 1 aliphatic heterocycles. The molecule has 53 valence electrons. The Bertz CT molecular complexity index is 83.0. The van der Waals surface area contributed by atoms with Crippen molar-refractivity contribution in [3.63, 3.8) is 0 Å². The predicted molar refractivity (Wildman–Crippen MR) is 35.9 cm³/mol. The smallest absolute Gasteiger partial charge is 0.114 e. The number of rotatable bonds is 2. The summed E-state index contributed by atoms with van der Waals surface area (Å²) in [6, 6.07) is 0. The third kappa shape index (κ3) is 1.94. The Morgan fingerprint density at radius 1 is 1.67 bits per heavy atom. The third-order valence-electron chi connectivity index (χ3n) is 1.69. The zero-order valence-electron chi connectivity index (χ0n) is 5.65. The van der Waals surface area contributed by atoms with Crippen molar-refractivity contribution in [2.45, 2.75) is 19.0 Å². The zero-order valence-corrected chi connectivity index (χ0v) is 5.65. The maximum atomic E-state index is 12.4. The van der Waals surface area contributed by atoms with Crippen LogP contribution in [-0.2, 0) is 0 Å². The Labute approximate surface area is 55.8 Å². The van der Waals surface area contributed by atoms with E-state index in [9.17, 15) is 4.39 Å². The molecule has 0 aromatic carbocycles. The topological polar surface area (TPSA) is 3.24 Å². The van der Waals surface area contributed by atoms with Crippen LogP contribution in [0.1, 0.15) is 12.8 Å². The van der Waals surface area contributed by atoms with Gasteiger partial charge in [0, 0.05) is 13.1 Å². The van der Waals surface area contributed by atoms with E-state index >= 15 is 0 Å². The van der Waals surface area contributed by atoms with Crippen LogP contribution < -0.4 is 0 Å². The fourth-order valence-electron chi connectivity index (χ4n) is 1.21. The molecule has 1 saturated heterocycles. The quantitative estimate of drug-likeness (QED) is 0.544. The lowest BCUT2D eigenvalue weighted by Crippen LogP contribution is -2.21. The summed E-state index contributed by atoms with van der Waals surface area (Å²) in [5.74, 6) is 0. The van der Waals surface area contributed by atoms with Crippen LogP contribution in [0.25, 0.3) is 0 Å². The van der Waals surface area contributed by atoms with Crippen molar-refractivity contribution in [2.75, 3.05) is 19.6 Å². The van der Waals surface area contributed by atoms with Crippen LogP contribution in [0.5, 0.6) is 0 Å². The maximum Gasteiger partial charge on any atom is 0.114 e. The van der Waals surface area contributed by atoms with E-state index in [1.807, 2.05) is 0 Å². The van der Waals surface area contributed by atoms with E-state index in [1.165, 1.54) is 0 Å². The van der Waals surface area contributed by atoms with Gasteiger partial charge in [-0.05, 0) is 19.4 Å². The molecule has 1 atom stereocenters. The molecule has 2 heteroatoms. The second-order valence-corrected chi connectivity index (χ2v) is 2.54. The summed E-state index contributed by atoms with van der Waals surface area (Å²) in [6.45, 7) is 6.23. The first-order chi connectivity index (χ1) is 4.33. The lowest BCUT2D eigenvalue weighted by atomic mass is 10.3. The molecule has 0 bridgehead atoms. The van der Waals surface area contributed by atoms with Gasteiger partial charge in [-0.1, -0.05) is 6.92 Å². The molecule has 0 aromatic rings. The molecule has 0 aliphatic carbocycles. The summed E-state index contributed by atoms with van der Waals surface area (Å²) in [4.78, 5) is 2.12. The van der Waals surface area contributed by atoms with Gasteiger partial charge in [0.2, 0.25) is 0 Å². The average molecular weight is 130 g/mol. The van der Waals surface area contributed by atoms with Gasteiger partial charge in [-0.25, -0.2) is 4.39 Å². The minimum atomic E-state index is -0.573. The lowest BCUT2D eigenvalue weighted by Gasteiger charge is -2.11. The second kappa shape index (κ2) is 3.16. The number of halogens is 1. The maximum absolute atomic E-state index is 12.4. The van der Waals surface area contributed by atoms with Crippen molar-refractivity contribution < 1.29 is 4.39 Å². The van der Waals surface area contributed by atoms with Crippen molar-refractivity contribution in [2.24, 2.45) is 0 Å². The minimum Gasteiger partial charge on any atom is -0.300 e. The van der Waals surface area contributed by atoms with E-state index in [1.54, 1.807) is 0 Å². The van der Waals surface area contributed by atoms with Gasteiger partial charge in [-0.3, -0.25) is 0 Å². The normalized spacial score (nSPS) is 29.3. The van der Waals surface area contributed by atoms with Crippen molar-refractivity contribution in [3.05, 3.63) is 6.92 Å². The predicted octanol–water partition coefficient (Wildman–Crippen LogP) is 1.25. The molecule has 1 nitrogen and oxygen atoms in total. The van der Waals surface area contributed by atoms with Gasteiger partial charge in [-0.2, -0.15) is 0 Å². The Kier molecular flexibility index (Phi) is 2.46. The van der Waals surface area contributed by atoms with E-state index < -0.39 is 6.17 Å². The van der Waals surface area contributed by atoms with Gasteiger partial charge >= 0.3 is 0 Å². The third-order valence-corrected chi connectivity index (χ3v) is 1.69. The summed E-state index contributed by atoms with van der Waals surface area (Å²) in [6.07, 6.45) is 1.05. The van der Waals surface area contributed by atoms with E-state index in [0.29, 0.717) is 6.54 Å². The molecule has 1 radical (unpaired) electrons. The summed E-state index contributed by atoms with van der Waals surface area (Å²) in [7, 11) is 0. The highest BCUT2D eigenvalue weighted by atomic mass is 19.1. The first kappa shape index (κ1) is 7.00. The van der Waals surface area contributed by atoms with Gasteiger partial charge in [0.05, 0.1) is 0 Å². The first-order valence-corrected chi connectivity index (χ1v) is 3.48. The van der Waals surface area contributed by atoms with Gasteiger partial charge in [-0.15, -0.1) is 0 Å². The van der Waals surface area contributed by atoms with Crippen LogP contribution in [-0.4, -0.2) is 30.7 Å². The van der Waals surface area contributed by atoms with Crippen LogP contribution in [0, 0.1) is 6.92 Å². The van der Waals surface area contributed by atoms with Crippen LogP contribution in [0.3, 0.4) is 0 Å². The summed E-state index contributed by atoms with van der Waals surface area (Å²) >= 11 is 0. The Balaban J connectivity index is 2.14. The van der Waals surface area contributed by atoms with Crippen molar-refractivity contribution >= 4 is 0 Å². The largest absolute Gasteiger partial charge is 0.300 e. The highest BCUT2D eigenvalue weighted by Gasteiger charge is 2.19. The molecule has 1 aliphatic rings. The monoisotopic (exact) mass is 130 g/mol. The van der Waals surface area contributed by atoms with Gasteiger partial charge in [0.1, 0.15) is 6.17 Å². The number of hydrogen-bond acceptors (Lipinski definition) is 1. The first-order valence-electron chi connectivity index (χ1n) is 3.48. The fraction of sp³-hybridized carbons (Fsp3) is 0.857. The van der Waals surface area contributed by atoms with Gasteiger partial charge < -0.3 is 4.90 Å². The molecule has 0 spiro atoms. The minimum absolute atomic E-state index is 0.573. The van der Waals surface area contributed by atoms with Crippen molar-refractivity contribution in [1.82, 2.24) is 4.90 Å². The SMILES string of the molecule is [CH2]CCN1CC[C@H](F)C1. The molecule has 0 saturated carbocycles. The van der Waals surface area contributed by atoms with Gasteiger partial charge in [0.15, 0.2) is 0 Å². The Hall–Kier alpha value is -0.110. The molecule has 1 heterocycles. The van der Waals surface area contributed by atoms with Gasteiger partial charge in [0.25, 0.3) is 0 Å². The fourth-order valence-corrected chi connectivity index (χ4v) is 1.21. The molecular formula is C7H13FN. The van der Waals surface area contributed by atoms with E-state index in [2.05, 4.69) is 11.8 Å². The lowest BCUT2D eigenvalue weighted by molar-refractivity contribution is 0.291. The van der Waals surface area contributed by atoms with E-state index in [0.717, 1.165) is 25.9 Å². The van der Waals surface area contributed by atoms with Crippen molar-refractivity contribution in [3.8, 4) is 0 Å². The summed E-state index contributed by atoms with van der Waals surface area (Å²) in [5, 5.41) is 0. The average Bonchev–Trinajstić information content (AvgIpc) is 2.17. The van der Waals surface area contributed by atoms with Crippen LogP contribution in [0.4, 0.5) is 4.39 Å². The number of likely N-dealkylation sites (tertiary alicyclic amines) is 1. The Morgan fingerprint density at radius 3 is 2.89 bits per heavy atom. The molecule has 0 aromatic heterocycles. The van der Waals surface area contributed by atoms with Crippen LogP contribution in [0.15, 0.2) is 0 Å². The highest BCUT2D eigenvalue weighted by molar-refractivity contribution is 4.74. The number of nitrogens with zero attached hydrogens (tertiary/aromatic N) is 1. The molecule has 0 amide bonds. The molecule has 1 fully saturated rings. The van der Waals surface area contributed by atoms with Crippen molar-refractivity contribution in [1.29, 1.82) is 0 Å². The van der Waals surface area contributed by atoms with E-state index in [4.69, 9.17) is 0 Å². The summed E-state index contributed by atoms with van der Waals surface area (Å²) < 4.78 is 12.4. The molecular weight excluding hydrogens is 117 g/mol. The molecule has 0 unspecified atom stereocenters.